The first-order valence-corrected chi connectivity index (χ1v) is 6.94. The maximum atomic E-state index is 11.8. The van der Waals surface area contributed by atoms with Crippen molar-refractivity contribution in [1.29, 1.82) is 0 Å². The molecule has 21 heavy (non-hydrogen) atoms. The number of ketones is 1. The second kappa shape index (κ2) is 6.35. The maximum absolute atomic E-state index is 11.8. The van der Waals surface area contributed by atoms with Crippen LogP contribution in [0.15, 0.2) is 36.7 Å². The zero-order chi connectivity index (χ0) is 15.4. The van der Waals surface area contributed by atoms with Crippen LogP contribution in [0.1, 0.15) is 41.3 Å². The highest BCUT2D eigenvalue weighted by Gasteiger charge is 2.13. The lowest BCUT2D eigenvalue weighted by Crippen LogP contribution is -2.02. The predicted octanol–water partition coefficient (Wildman–Crippen LogP) is 3.74. The number of nitro groups is 1. The SMILES string of the molecule is CCCC(=O)c1ccn(Cc2cccc([N+](=O)[O-])c2C)c1. The Morgan fingerprint density at radius 3 is 2.76 bits per heavy atom. The predicted molar refractivity (Wildman–Crippen MR) is 80.6 cm³/mol. The molecule has 0 radical (unpaired) electrons. The number of rotatable bonds is 6. The summed E-state index contributed by atoms with van der Waals surface area (Å²) in [7, 11) is 0. The molecule has 0 bridgehead atoms. The molecule has 0 unspecified atom stereocenters. The Balaban J connectivity index is 2.21. The minimum Gasteiger partial charge on any atom is -0.349 e. The summed E-state index contributed by atoms with van der Waals surface area (Å²) in [4.78, 5) is 22.4. The summed E-state index contributed by atoms with van der Waals surface area (Å²) in [5.74, 6) is 0.131. The molecule has 1 aromatic heterocycles. The summed E-state index contributed by atoms with van der Waals surface area (Å²) in [6.45, 7) is 4.24. The van der Waals surface area contributed by atoms with Crippen LogP contribution in [0.5, 0.6) is 0 Å². The largest absolute Gasteiger partial charge is 0.349 e. The van der Waals surface area contributed by atoms with E-state index in [-0.39, 0.29) is 16.4 Å². The van der Waals surface area contributed by atoms with Crippen molar-refractivity contribution in [2.24, 2.45) is 0 Å². The minimum atomic E-state index is -0.370. The van der Waals surface area contributed by atoms with Crippen molar-refractivity contribution in [1.82, 2.24) is 4.57 Å². The van der Waals surface area contributed by atoms with Gasteiger partial charge in [0.2, 0.25) is 0 Å². The molecule has 0 N–H and O–H groups in total. The van der Waals surface area contributed by atoms with E-state index in [1.807, 2.05) is 23.8 Å². The number of nitrogens with zero attached hydrogens (tertiary/aromatic N) is 2. The molecule has 5 nitrogen and oxygen atoms in total. The second-order valence-electron chi connectivity index (χ2n) is 5.06. The Bertz CT molecular complexity index is 674. The smallest absolute Gasteiger partial charge is 0.272 e. The number of carbonyl (C=O) groups is 1. The van der Waals surface area contributed by atoms with Crippen LogP contribution in [0, 0.1) is 17.0 Å². The van der Waals surface area contributed by atoms with E-state index in [1.165, 1.54) is 6.07 Å². The first-order chi connectivity index (χ1) is 10.0. The van der Waals surface area contributed by atoms with Crippen molar-refractivity contribution in [3.8, 4) is 0 Å². The van der Waals surface area contributed by atoms with Crippen LogP contribution in [0.2, 0.25) is 0 Å². The van der Waals surface area contributed by atoms with Gasteiger partial charge in [0.25, 0.3) is 5.69 Å². The number of aromatic nitrogens is 1. The zero-order valence-electron chi connectivity index (χ0n) is 12.2. The fourth-order valence-electron chi connectivity index (χ4n) is 2.31. The third-order valence-corrected chi connectivity index (χ3v) is 3.52. The number of nitro benzene ring substituents is 1. The third-order valence-electron chi connectivity index (χ3n) is 3.52. The molecule has 0 saturated carbocycles. The summed E-state index contributed by atoms with van der Waals surface area (Å²) in [5, 5.41) is 10.9. The number of benzene rings is 1. The van der Waals surface area contributed by atoms with Gasteiger partial charge in [-0.2, -0.15) is 0 Å². The van der Waals surface area contributed by atoms with Crippen molar-refractivity contribution in [3.63, 3.8) is 0 Å². The van der Waals surface area contributed by atoms with Crippen molar-refractivity contribution in [2.45, 2.75) is 33.2 Å². The van der Waals surface area contributed by atoms with E-state index >= 15 is 0 Å². The lowest BCUT2D eigenvalue weighted by molar-refractivity contribution is -0.385. The molecule has 0 amide bonds. The van der Waals surface area contributed by atoms with Crippen molar-refractivity contribution in [3.05, 3.63) is 63.5 Å². The summed E-state index contributed by atoms with van der Waals surface area (Å²) < 4.78 is 1.88. The summed E-state index contributed by atoms with van der Waals surface area (Å²) in [6, 6.07) is 6.86. The average molecular weight is 286 g/mol. The number of Topliss-reactive ketones (excluding diaryl/α,β-unsaturated/α-hetero) is 1. The molecular weight excluding hydrogens is 268 g/mol. The molecule has 5 heteroatoms. The topological polar surface area (TPSA) is 65.1 Å². The molecule has 0 atom stereocenters. The van der Waals surface area contributed by atoms with Gasteiger partial charge in [-0.3, -0.25) is 14.9 Å². The van der Waals surface area contributed by atoms with E-state index in [0.717, 1.165) is 12.0 Å². The number of hydrogen-bond donors (Lipinski definition) is 0. The summed E-state index contributed by atoms with van der Waals surface area (Å²) >= 11 is 0. The van der Waals surface area contributed by atoms with Gasteiger partial charge < -0.3 is 4.57 Å². The molecule has 2 rings (SSSR count). The lowest BCUT2D eigenvalue weighted by atomic mass is 10.1. The van der Waals surface area contributed by atoms with E-state index in [2.05, 4.69) is 0 Å². The van der Waals surface area contributed by atoms with Crippen LogP contribution in [-0.4, -0.2) is 15.3 Å². The second-order valence-corrected chi connectivity index (χ2v) is 5.06. The quantitative estimate of drug-likeness (QED) is 0.461. The van der Waals surface area contributed by atoms with Crippen LogP contribution < -0.4 is 0 Å². The highest BCUT2D eigenvalue weighted by molar-refractivity contribution is 5.95. The van der Waals surface area contributed by atoms with Crippen LogP contribution in [0.25, 0.3) is 0 Å². The maximum Gasteiger partial charge on any atom is 0.272 e. The number of carbonyl (C=O) groups excluding carboxylic acids is 1. The van der Waals surface area contributed by atoms with Gasteiger partial charge in [0.15, 0.2) is 5.78 Å². The van der Waals surface area contributed by atoms with Crippen molar-refractivity contribution < 1.29 is 9.72 Å². The van der Waals surface area contributed by atoms with Gasteiger partial charge in [-0.05, 0) is 25.0 Å². The van der Waals surface area contributed by atoms with E-state index in [0.29, 0.717) is 24.1 Å². The normalized spacial score (nSPS) is 10.6. The molecule has 0 saturated heterocycles. The Hall–Kier alpha value is -2.43. The van der Waals surface area contributed by atoms with Gasteiger partial charge in [-0.15, -0.1) is 0 Å². The number of hydrogen-bond acceptors (Lipinski definition) is 3. The van der Waals surface area contributed by atoms with E-state index in [9.17, 15) is 14.9 Å². The average Bonchev–Trinajstić information content (AvgIpc) is 2.90. The first-order valence-electron chi connectivity index (χ1n) is 6.94. The van der Waals surface area contributed by atoms with Crippen LogP contribution in [0.4, 0.5) is 5.69 Å². The van der Waals surface area contributed by atoms with Crippen LogP contribution in [-0.2, 0) is 6.54 Å². The molecule has 0 aliphatic carbocycles. The van der Waals surface area contributed by atoms with Gasteiger partial charge in [0, 0.05) is 42.6 Å². The Labute approximate surface area is 123 Å². The highest BCUT2D eigenvalue weighted by atomic mass is 16.6. The molecule has 1 heterocycles. The molecule has 2 aromatic rings. The monoisotopic (exact) mass is 286 g/mol. The molecule has 0 aliphatic rings. The van der Waals surface area contributed by atoms with Crippen molar-refractivity contribution >= 4 is 11.5 Å². The van der Waals surface area contributed by atoms with Gasteiger partial charge in [0.1, 0.15) is 0 Å². The Morgan fingerprint density at radius 1 is 1.33 bits per heavy atom. The van der Waals surface area contributed by atoms with Gasteiger partial charge in [-0.1, -0.05) is 19.1 Å². The lowest BCUT2D eigenvalue weighted by Gasteiger charge is -2.07. The zero-order valence-corrected chi connectivity index (χ0v) is 12.2. The van der Waals surface area contributed by atoms with E-state index in [1.54, 1.807) is 25.3 Å². The fraction of sp³-hybridized carbons (Fsp3) is 0.312. The molecular formula is C16H18N2O3. The van der Waals surface area contributed by atoms with Crippen molar-refractivity contribution in [2.75, 3.05) is 0 Å². The fourth-order valence-corrected chi connectivity index (χ4v) is 2.31. The van der Waals surface area contributed by atoms with E-state index in [4.69, 9.17) is 0 Å². The highest BCUT2D eigenvalue weighted by Crippen LogP contribution is 2.22. The summed E-state index contributed by atoms with van der Waals surface area (Å²) in [5.41, 5.74) is 2.37. The summed E-state index contributed by atoms with van der Waals surface area (Å²) in [6.07, 6.45) is 5.01. The van der Waals surface area contributed by atoms with Gasteiger partial charge in [-0.25, -0.2) is 0 Å². The standard InChI is InChI=1S/C16H18N2O3/c1-3-5-16(19)14-8-9-17(11-14)10-13-6-4-7-15(12(13)2)18(20)21/h4,6-9,11H,3,5,10H2,1-2H3. The molecule has 0 aliphatic heterocycles. The molecule has 1 aromatic carbocycles. The third kappa shape index (κ3) is 3.37. The van der Waals surface area contributed by atoms with E-state index < -0.39 is 0 Å². The molecule has 110 valence electrons. The first kappa shape index (κ1) is 15.0. The Kier molecular flexibility index (Phi) is 4.52. The molecule has 0 spiro atoms. The van der Waals surface area contributed by atoms with Crippen LogP contribution in [0.3, 0.4) is 0 Å². The van der Waals surface area contributed by atoms with Gasteiger partial charge >= 0.3 is 0 Å². The van der Waals surface area contributed by atoms with Gasteiger partial charge in [0.05, 0.1) is 4.92 Å². The van der Waals surface area contributed by atoms with Crippen LogP contribution >= 0.6 is 0 Å². The Morgan fingerprint density at radius 2 is 2.10 bits per heavy atom. The minimum absolute atomic E-state index is 0.127. The molecule has 0 fully saturated rings.